The van der Waals surface area contributed by atoms with Crippen molar-refractivity contribution in [2.45, 2.75) is 12.6 Å². The molecule has 2 amide bonds. The van der Waals surface area contributed by atoms with E-state index in [1.54, 1.807) is 19.5 Å². The molecule has 1 aromatic carbocycles. The van der Waals surface area contributed by atoms with Crippen LogP contribution in [0.5, 0.6) is 5.75 Å². The molecule has 0 radical (unpaired) electrons. The molecule has 1 saturated heterocycles. The van der Waals surface area contributed by atoms with E-state index < -0.39 is 11.8 Å². The number of benzene rings is 1. The molecule has 3 rings (SSSR count). The van der Waals surface area contributed by atoms with Crippen molar-refractivity contribution in [2.24, 2.45) is 0 Å². The summed E-state index contributed by atoms with van der Waals surface area (Å²) in [6.45, 7) is 3.33. The quantitative estimate of drug-likeness (QED) is 0.673. The van der Waals surface area contributed by atoms with Crippen molar-refractivity contribution in [2.75, 3.05) is 40.0 Å². The van der Waals surface area contributed by atoms with E-state index in [2.05, 4.69) is 20.5 Å². The largest absolute Gasteiger partial charge is 0.496 e. The highest BCUT2D eigenvalue weighted by atomic mass is 16.5. The van der Waals surface area contributed by atoms with Gasteiger partial charge in [-0.05, 0) is 17.7 Å². The summed E-state index contributed by atoms with van der Waals surface area (Å²) in [4.78, 5) is 31.0. The number of ether oxygens (including phenoxy) is 2. The Labute approximate surface area is 170 Å². The van der Waals surface area contributed by atoms with Gasteiger partial charge in [-0.3, -0.25) is 19.5 Å². The van der Waals surface area contributed by atoms with Crippen LogP contribution in [0.3, 0.4) is 0 Å². The average molecular weight is 398 g/mol. The van der Waals surface area contributed by atoms with Gasteiger partial charge in [0.25, 0.3) is 0 Å². The van der Waals surface area contributed by atoms with E-state index in [1.807, 2.05) is 36.4 Å². The van der Waals surface area contributed by atoms with Crippen molar-refractivity contribution in [1.29, 1.82) is 0 Å². The third-order valence-corrected chi connectivity index (χ3v) is 4.85. The van der Waals surface area contributed by atoms with Gasteiger partial charge < -0.3 is 20.1 Å². The Kier molecular flexibility index (Phi) is 7.54. The lowest BCUT2D eigenvalue weighted by Crippen LogP contribution is -2.46. The van der Waals surface area contributed by atoms with Crippen molar-refractivity contribution in [3.63, 3.8) is 0 Å². The second-order valence-electron chi connectivity index (χ2n) is 6.66. The third kappa shape index (κ3) is 5.75. The summed E-state index contributed by atoms with van der Waals surface area (Å²) in [6.07, 6.45) is 3.50. The number of pyridine rings is 1. The highest BCUT2D eigenvalue weighted by Gasteiger charge is 2.24. The lowest BCUT2D eigenvalue weighted by Gasteiger charge is -2.34. The number of carbonyl (C=O) groups excluding carboxylic acids is 2. The van der Waals surface area contributed by atoms with Gasteiger partial charge in [-0.25, -0.2) is 0 Å². The van der Waals surface area contributed by atoms with Gasteiger partial charge in [-0.15, -0.1) is 0 Å². The average Bonchev–Trinajstić information content (AvgIpc) is 2.79. The SMILES string of the molecule is COc1ccccc1CNC(=O)C(=O)NC[C@H](c1cccnc1)N1CCOCC1. The Morgan fingerprint density at radius 1 is 1.14 bits per heavy atom. The first-order chi connectivity index (χ1) is 14.2. The minimum absolute atomic E-state index is 0.0708. The maximum Gasteiger partial charge on any atom is 0.309 e. The molecule has 8 nitrogen and oxygen atoms in total. The molecule has 1 atom stereocenters. The van der Waals surface area contributed by atoms with Crippen molar-refractivity contribution in [3.8, 4) is 5.75 Å². The molecule has 8 heteroatoms. The van der Waals surface area contributed by atoms with Crippen molar-refractivity contribution >= 4 is 11.8 Å². The van der Waals surface area contributed by atoms with Crippen LogP contribution >= 0.6 is 0 Å². The van der Waals surface area contributed by atoms with Crippen LogP contribution in [0, 0.1) is 0 Å². The van der Waals surface area contributed by atoms with Gasteiger partial charge in [-0.1, -0.05) is 24.3 Å². The molecule has 2 aromatic rings. The molecule has 1 aliphatic heterocycles. The summed E-state index contributed by atoms with van der Waals surface area (Å²) >= 11 is 0. The summed E-state index contributed by atoms with van der Waals surface area (Å²) < 4.78 is 10.7. The van der Waals surface area contributed by atoms with E-state index in [0.29, 0.717) is 25.5 Å². The monoisotopic (exact) mass is 398 g/mol. The first kappa shape index (κ1) is 20.8. The van der Waals surface area contributed by atoms with E-state index in [9.17, 15) is 9.59 Å². The number of para-hydroxylation sites is 1. The lowest BCUT2D eigenvalue weighted by molar-refractivity contribution is -0.139. The molecule has 0 bridgehead atoms. The Morgan fingerprint density at radius 3 is 2.62 bits per heavy atom. The summed E-state index contributed by atoms with van der Waals surface area (Å²) in [6, 6.07) is 11.1. The van der Waals surface area contributed by atoms with Gasteiger partial charge in [0.1, 0.15) is 5.75 Å². The normalized spacial score (nSPS) is 15.3. The molecule has 0 spiro atoms. The molecule has 2 heterocycles. The van der Waals surface area contributed by atoms with Gasteiger partial charge in [0.2, 0.25) is 0 Å². The predicted molar refractivity (Wildman–Crippen MR) is 107 cm³/mol. The van der Waals surface area contributed by atoms with E-state index >= 15 is 0 Å². The van der Waals surface area contributed by atoms with Crippen molar-refractivity contribution < 1.29 is 19.1 Å². The summed E-state index contributed by atoms with van der Waals surface area (Å²) in [5.74, 6) is -0.679. The highest BCUT2D eigenvalue weighted by Crippen LogP contribution is 2.20. The number of rotatable bonds is 7. The van der Waals surface area contributed by atoms with Gasteiger partial charge in [0, 0.05) is 44.1 Å². The zero-order chi connectivity index (χ0) is 20.5. The molecule has 1 aromatic heterocycles. The van der Waals surface area contributed by atoms with E-state index in [4.69, 9.17) is 9.47 Å². The fraction of sp³-hybridized carbons (Fsp3) is 0.381. The van der Waals surface area contributed by atoms with Crippen molar-refractivity contribution in [3.05, 3.63) is 59.9 Å². The van der Waals surface area contributed by atoms with E-state index in [1.165, 1.54) is 0 Å². The van der Waals surface area contributed by atoms with Crippen LogP contribution < -0.4 is 15.4 Å². The Bertz CT molecular complexity index is 809. The Balaban J connectivity index is 1.57. The van der Waals surface area contributed by atoms with Gasteiger partial charge in [-0.2, -0.15) is 0 Å². The van der Waals surface area contributed by atoms with Gasteiger partial charge >= 0.3 is 11.8 Å². The third-order valence-electron chi connectivity index (χ3n) is 4.85. The van der Waals surface area contributed by atoms with Gasteiger partial charge in [0.15, 0.2) is 0 Å². The number of nitrogens with one attached hydrogen (secondary N) is 2. The molecule has 0 saturated carbocycles. The molecule has 1 aliphatic rings. The Hall–Kier alpha value is -2.97. The number of hydrogen-bond acceptors (Lipinski definition) is 6. The van der Waals surface area contributed by atoms with Crippen LogP contribution in [-0.4, -0.2) is 61.7 Å². The zero-order valence-electron chi connectivity index (χ0n) is 16.5. The second kappa shape index (κ2) is 10.5. The minimum atomic E-state index is -0.678. The van der Waals surface area contributed by atoms with Crippen LogP contribution in [0.25, 0.3) is 0 Å². The van der Waals surface area contributed by atoms with E-state index in [-0.39, 0.29) is 12.6 Å². The highest BCUT2D eigenvalue weighted by molar-refractivity contribution is 6.35. The van der Waals surface area contributed by atoms with Crippen LogP contribution in [0.4, 0.5) is 0 Å². The number of hydrogen-bond donors (Lipinski definition) is 2. The maximum atomic E-state index is 12.3. The molecular weight excluding hydrogens is 372 g/mol. The van der Waals surface area contributed by atoms with Crippen LogP contribution in [0.15, 0.2) is 48.8 Å². The standard InChI is InChI=1S/C21H26N4O4/c1-28-19-7-3-2-5-17(19)14-23-20(26)21(27)24-15-18(16-6-4-8-22-13-16)25-9-11-29-12-10-25/h2-8,13,18H,9-12,14-15H2,1H3,(H,23,26)(H,24,27)/t18-/m1/s1. The summed E-state index contributed by atoms with van der Waals surface area (Å²) in [5.41, 5.74) is 1.79. The first-order valence-corrected chi connectivity index (χ1v) is 9.58. The van der Waals surface area contributed by atoms with Crippen molar-refractivity contribution in [1.82, 2.24) is 20.5 Å². The molecule has 0 aliphatic carbocycles. The number of nitrogens with zero attached hydrogens (tertiary/aromatic N) is 2. The second-order valence-corrected chi connectivity index (χ2v) is 6.66. The fourth-order valence-electron chi connectivity index (χ4n) is 3.29. The first-order valence-electron chi connectivity index (χ1n) is 9.58. The molecular formula is C21H26N4O4. The summed E-state index contributed by atoms with van der Waals surface area (Å²) in [5, 5.41) is 5.39. The number of methoxy groups -OCH3 is 1. The number of aromatic nitrogens is 1. The Morgan fingerprint density at radius 2 is 1.90 bits per heavy atom. The molecule has 29 heavy (non-hydrogen) atoms. The van der Waals surface area contributed by atoms with Crippen LogP contribution in [0.2, 0.25) is 0 Å². The molecule has 154 valence electrons. The van der Waals surface area contributed by atoms with E-state index in [0.717, 1.165) is 24.2 Å². The topological polar surface area (TPSA) is 92.8 Å². The number of carbonyl (C=O) groups is 2. The lowest BCUT2D eigenvalue weighted by atomic mass is 10.1. The fourth-order valence-corrected chi connectivity index (χ4v) is 3.29. The smallest absolute Gasteiger partial charge is 0.309 e. The predicted octanol–water partition coefficient (Wildman–Crippen LogP) is 0.896. The van der Waals surface area contributed by atoms with Crippen LogP contribution in [0.1, 0.15) is 17.2 Å². The molecule has 2 N–H and O–H groups in total. The number of morpholine rings is 1. The minimum Gasteiger partial charge on any atom is -0.496 e. The molecule has 0 unspecified atom stereocenters. The zero-order valence-corrected chi connectivity index (χ0v) is 16.5. The summed E-state index contributed by atoms with van der Waals surface area (Å²) in [7, 11) is 1.57. The number of amides is 2. The van der Waals surface area contributed by atoms with Crippen LogP contribution in [-0.2, 0) is 20.9 Å². The van der Waals surface area contributed by atoms with Gasteiger partial charge in [0.05, 0.1) is 26.4 Å². The maximum absolute atomic E-state index is 12.3. The molecule has 1 fully saturated rings.